The normalized spacial score (nSPS) is 11.5. The molecule has 4 N–H and O–H groups in total. The highest BCUT2D eigenvalue weighted by Crippen LogP contribution is 2.20. The number of aromatic nitrogens is 1. The van der Waals surface area contributed by atoms with Crippen molar-refractivity contribution in [2.75, 3.05) is 11.9 Å². The Balaban J connectivity index is 1.81. The van der Waals surface area contributed by atoms with Gasteiger partial charge in [0, 0.05) is 5.56 Å². The van der Waals surface area contributed by atoms with E-state index in [1.807, 2.05) is 12.1 Å². The van der Waals surface area contributed by atoms with Crippen LogP contribution in [0.4, 0.5) is 6.01 Å². The lowest BCUT2D eigenvalue weighted by molar-refractivity contribution is -0.120. The number of aliphatic hydroxyl groups is 1. The molecule has 8 nitrogen and oxygen atoms in total. The molecule has 0 saturated heterocycles. The van der Waals surface area contributed by atoms with Crippen molar-refractivity contribution >= 4 is 23.5 Å². The Labute approximate surface area is 160 Å². The fourth-order valence-electron chi connectivity index (χ4n) is 2.49. The minimum atomic E-state index is -0.916. The third kappa shape index (κ3) is 4.49. The van der Waals surface area contributed by atoms with Gasteiger partial charge in [0.2, 0.25) is 5.78 Å². The summed E-state index contributed by atoms with van der Waals surface area (Å²) in [6, 6.07) is 16.7. The maximum absolute atomic E-state index is 12.8. The number of carbonyl (C=O) groups excluding carboxylic acids is 2. The molecule has 2 aromatic carbocycles. The van der Waals surface area contributed by atoms with Gasteiger partial charge in [-0.1, -0.05) is 60.7 Å². The van der Waals surface area contributed by atoms with Gasteiger partial charge in [0.25, 0.3) is 11.9 Å². The first-order valence-electron chi connectivity index (χ1n) is 8.44. The van der Waals surface area contributed by atoms with Crippen molar-refractivity contribution in [3.05, 3.63) is 83.7 Å². The van der Waals surface area contributed by atoms with Crippen LogP contribution in [0.1, 0.15) is 27.7 Å². The number of ketones is 1. The number of nitrogens with zero attached hydrogens (tertiary/aromatic N) is 1. The van der Waals surface area contributed by atoms with Gasteiger partial charge in [-0.05, 0) is 5.56 Å². The van der Waals surface area contributed by atoms with Gasteiger partial charge in [0.1, 0.15) is 18.5 Å². The highest BCUT2D eigenvalue weighted by atomic mass is 16.4. The standard InChI is InChI=1S/C20H18N4O4/c21-18(14-9-5-2-6-10-14)24-19(27)17(13-7-3-1-4-8-13)23-20-22-11-16(28-20)15(26)12-25/h1-11,17,25H,12H2,(H,22,23)(H2,21,24,27). The van der Waals surface area contributed by atoms with Crippen molar-refractivity contribution in [3.63, 3.8) is 0 Å². The van der Waals surface area contributed by atoms with E-state index in [0.29, 0.717) is 11.1 Å². The van der Waals surface area contributed by atoms with E-state index in [4.69, 9.17) is 14.9 Å². The van der Waals surface area contributed by atoms with E-state index in [9.17, 15) is 9.59 Å². The predicted octanol–water partition coefficient (Wildman–Crippen LogP) is 2.14. The zero-order valence-electron chi connectivity index (χ0n) is 14.8. The van der Waals surface area contributed by atoms with Crippen LogP contribution in [0.3, 0.4) is 0 Å². The highest BCUT2D eigenvalue weighted by molar-refractivity contribution is 6.08. The van der Waals surface area contributed by atoms with E-state index in [1.165, 1.54) is 6.20 Å². The second kappa shape index (κ2) is 8.74. The molecule has 8 heteroatoms. The van der Waals surface area contributed by atoms with Crippen molar-refractivity contribution in [2.45, 2.75) is 6.04 Å². The Kier molecular flexibility index (Phi) is 5.93. The fraction of sp³-hybridized carbons (Fsp3) is 0.100. The number of aliphatic hydroxyl groups excluding tert-OH is 1. The molecule has 1 amide bonds. The van der Waals surface area contributed by atoms with Crippen molar-refractivity contribution in [1.82, 2.24) is 10.3 Å². The van der Waals surface area contributed by atoms with E-state index in [2.05, 4.69) is 15.6 Å². The molecule has 1 unspecified atom stereocenters. The van der Waals surface area contributed by atoms with Gasteiger partial charge in [-0.2, -0.15) is 0 Å². The molecule has 28 heavy (non-hydrogen) atoms. The summed E-state index contributed by atoms with van der Waals surface area (Å²) in [7, 11) is 0. The quantitative estimate of drug-likeness (QED) is 0.283. The van der Waals surface area contributed by atoms with Crippen molar-refractivity contribution < 1.29 is 19.1 Å². The van der Waals surface area contributed by atoms with E-state index in [1.54, 1.807) is 48.5 Å². The number of hydrogen-bond donors (Lipinski definition) is 4. The lowest BCUT2D eigenvalue weighted by atomic mass is 10.1. The average Bonchev–Trinajstić information content (AvgIpc) is 3.21. The summed E-state index contributed by atoms with van der Waals surface area (Å²) < 4.78 is 5.26. The van der Waals surface area contributed by atoms with E-state index in [0.717, 1.165) is 0 Å². The number of Topliss-reactive ketones (excluding diaryl/α,β-unsaturated/α-hetero) is 1. The summed E-state index contributed by atoms with van der Waals surface area (Å²) in [5.74, 6) is -1.27. The molecule has 142 valence electrons. The number of anilines is 1. The van der Waals surface area contributed by atoms with Crippen LogP contribution in [0, 0.1) is 5.41 Å². The van der Waals surface area contributed by atoms with Gasteiger partial charge in [0.15, 0.2) is 5.76 Å². The minimum absolute atomic E-state index is 0.0446. The molecule has 0 radical (unpaired) electrons. The summed E-state index contributed by atoms with van der Waals surface area (Å²) in [4.78, 5) is 28.3. The Morgan fingerprint density at radius 1 is 1.07 bits per heavy atom. The van der Waals surface area contributed by atoms with Crippen molar-refractivity contribution in [3.8, 4) is 0 Å². The van der Waals surface area contributed by atoms with Crippen LogP contribution in [0.5, 0.6) is 0 Å². The van der Waals surface area contributed by atoms with E-state index >= 15 is 0 Å². The van der Waals surface area contributed by atoms with Crippen LogP contribution in [0.2, 0.25) is 0 Å². The summed E-state index contributed by atoms with van der Waals surface area (Å²) in [6.07, 6.45) is 1.17. The molecule has 0 saturated carbocycles. The van der Waals surface area contributed by atoms with Gasteiger partial charge in [-0.15, -0.1) is 0 Å². The van der Waals surface area contributed by atoms with Gasteiger partial charge in [-0.3, -0.25) is 15.0 Å². The Bertz CT molecular complexity index is 970. The van der Waals surface area contributed by atoms with Gasteiger partial charge in [-0.25, -0.2) is 4.98 Å². The van der Waals surface area contributed by atoms with Crippen molar-refractivity contribution in [1.29, 1.82) is 5.41 Å². The number of oxazole rings is 1. The molecular formula is C20H18N4O4. The Morgan fingerprint density at radius 3 is 2.36 bits per heavy atom. The Morgan fingerprint density at radius 2 is 1.71 bits per heavy atom. The summed E-state index contributed by atoms with van der Waals surface area (Å²) in [5.41, 5.74) is 1.18. The molecule has 0 fully saturated rings. The summed E-state index contributed by atoms with van der Waals surface area (Å²) in [6.45, 7) is -0.703. The topological polar surface area (TPSA) is 128 Å². The molecular weight excluding hydrogens is 360 g/mol. The maximum atomic E-state index is 12.8. The van der Waals surface area contributed by atoms with Crippen molar-refractivity contribution in [2.24, 2.45) is 0 Å². The lowest BCUT2D eigenvalue weighted by Gasteiger charge is -2.18. The van der Waals surface area contributed by atoms with Crippen LogP contribution < -0.4 is 10.6 Å². The molecule has 1 aromatic heterocycles. The first kappa shape index (κ1) is 19.0. The molecule has 1 heterocycles. The van der Waals surface area contributed by atoms with E-state index in [-0.39, 0.29) is 17.6 Å². The summed E-state index contributed by atoms with van der Waals surface area (Å²) in [5, 5.41) is 22.4. The number of rotatable bonds is 7. The monoisotopic (exact) mass is 378 g/mol. The smallest absolute Gasteiger partial charge is 0.296 e. The molecule has 0 spiro atoms. The van der Waals surface area contributed by atoms with Crippen LogP contribution in [0.25, 0.3) is 0 Å². The van der Waals surface area contributed by atoms with Crippen LogP contribution in [-0.4, -0.2) is 34.2 Å². The van der Waals surface area contributed by atoms with Gasteiger partial charge < -0.3 is 20.2 Å². The van der Waals surface area contributed by atoms with Gasteiger partial charge >= 0.3 is 0 Å². The highest BCUT2D eigenvalue weighted by Gasteiger charge is 2.24. The van der Waals surface area contributed by atoms with Crippen LogP contribution in [0.15, 0.2) is 71.3 Å². The van der Waals surface area contributed by atoms with Crippen LogP contribution in [-0.2, 0) is 4.79 Å². The summed E-state index contributed by atoms with van der Waals surface area (Å²) >= 11 is 0. The molecule has 3 rings (SSSR count). The second-order valence-corrected chi connectivity index (χ2v) is 5.83. The number of amidine groups is 1. The lowest BCUT2D eigenvalue weighted by Crippen LogP contribution is -2.37. The van der Waals surface area contributed by atoms with Gasteiger partial charge in [0.05, 0.1) is 6.20 Å². The SMILES string of the molecule is N=C(NC(=O)C(Nc1ncc(C(=O)CO)o1)c1ccccc1)c1ccccc1. The molecule has 0 aliphatic rings. The van der Waals surface area contributed by atoms with Crippen LogP contribution >= 0.6 is 0 Å². The fourth-order valence-corrected chi connectivity index (χ4v) is 2.49. The third-order valence-electron chi connectivity index (χ3n) is 3.90. The zero-order chi connectivity index (χ0) is 19.9. The second-order valence-electron chi connectivity index (χ2n) is 5.83. The number of nitrogens with one attached hydrogen (secondary N) is 3. The first-order chi connectivity index (χ1) is 13.6. The predicted molar refractivity (Wildman–Crippen MR) is 102 cm³/mol. The average molecular weight is 378 g/mol. The first-order valence-corrected chi connectivity index (χ1v) is 8.44. The molecule has 0 aliphatic carbocycles. The largest absolute Gasteiger partial charge is 0.420 e. The number of hydrogen-bond acceptors (Lipinski definition) is 7. The van der Waals surface area contributed by atoms with E-state index < -0.39 is 24.3 Å². The maximum Gasteiger partial charge on any atom is 0.296 e. The number of benzene rings is 2. The molecule has 0 bridgehead atoms. The number of amides is 1. The Hall–Kier alpha value is -3.78. The molecule has 0 aliphatic heterocycles. The molecule has 1 atom stereocenters. The number of carbonyl (C=O) groups is 2. The third-order valence-corrected chi connectivity index (χ3v) is 3.90. The molecule has 3 aromatic rings. The minimum Gasteiger partial charge on any atom is -0.420 e. The zero-order valence-corrected chi connectivity index (χ0v) is 14.8.